The van der Waals surface area contributed by atoms with E-state index in [1.54, 1.807) is 11.8 Å². The van der Waals surface area contributed by atoms with Crippen LogP contribution in [0.4, 0.5) is 5.69 Å². The molecule has 1 aliphatic rings. The van der Waals surface area contributed by atoms with Gasteiger partial charge in [0.05, 0.1) is 5.60 Å². The van der Waals surface area contributed by atoms with Crippen LogP contribution < -0.4 is 10.6 Å². The Labute approximate surface area is 143 Å². The molecule has 0 spiro atoms. The normalized spacial score (nSPS) is 21.3. The smallest absolute Gasteiger partial charge is 0.251 e. The van der Waals surface area contributed by atoms with Gasteiger partial charge in [-0.3, -0.25) is 4.79 Å². The van der Waals surface area contributed by atoms with Gasteiger partial charge >= 0.3 is 0 Å². The largest absolute Gasteiger partial charge is 0.387 e. The van der Waals surface area contributed by atoms with Crippen molar-refractivity contribution in [3.8, 4) is 0 Å². The van der Waals surface area contributed by atoms with Gasteiger partial charge in [0.25, 0.3) is 5.91 Å². The number of amides is 1. The van der Waals surface area contributed by atoms with Gasteiger partial charge in [-0.25, -0.2) is 0 Å². The number of hydrogen-bond acceptors (Lipinski definition) is 4. The molecule has 1 heterocycles. The van der Waals surface area contributed by atoms with Gasteiger partial charge in [-0.2, -0.15) is 11.8 Å². The summed E-state index contributed by atoms with van der Waals surface area (Å²) >= 11 is 1.73. The third-order valence-corrected chi connectivity index (χ3v) is 5.28. The topological polar surface area (TPSA) is 61.4 Å². The van der Waals surface area contributed by atoms with Gasteiger partial charge in [0.2, 0.25) is 0 Å². The third-order valence-electron chi connectivity index (χ3n) is 4.05. The number of carbonyl (C=O) groups excluding carboxylic acids is 1. The van der Waals surface area contributed by atoms with Gasteiger partial charge < -0.3 is 15.7 Å². The molecule has 1 aromatic carbocycles. The van der Waals surface area contributed by atoms with E-state index in [0.717, 1.165) is 30.0 Å². The second kappa shape index (κ2) is 7.14. The monoisotopic (exact) mass is 336 g/mol. The lowest BCUT2D eigenvalue weighted by molar-refractivity contribution is 0.0612. The quantitative estimate of drug-likeness (QED) is 0.773. The lowest BCUT2D eigenvalue weighted by Crippen LogP contribution is -2.43. The second-order valence-corrected chi connectivity index (χ2v) is 8.71. The van der Waals surface area contributed by atoms with E-state index in [4.69, 9.17) is 0 Å². The highest BCUT2D eigenvalue weighted by atomic mass is 32.2. The van der Waals surface area contributed by atoms with Crippen LogP contribution in [0.3, 0.4) is 0 Å². The van der Waals surface area contributed by atoms with Crippen molar-refractivity contribution >= 4 is 23.4 Å². The lowest BCUT2D eigenvalue weighted by Gasteiger charge is -2.23. The summed E-state index contributed by atoms with van der Waals surface area (Å²) in [6.45, 7) is 9.64. The average Bonchev–Trinajstić information content (AvgIpc) is 2.90. The lowest BCUT2D eigenvalue weighted by atomic mass is 9.96. The third kappa shape index (κ3) is 5.15. The molecule has 2 rings (SSSR count). The minimum absolute atomic E-state index is 0.118. The van der Waals surface area contributed by atoms with Crippen LogP contribution in [0.25, 0.3) is 0 Å². The number of nitrogens with one attached hydrogen (secondary N) is 2. The van der Waals surface area contributed by atoms with Crippen molar-refractivity contribution in [3.05, 3.63) is 29.3 Å². The van der Waals surface area contributed by atoms with Gasteiger partial charge in [-0.15, -0.1) is 0 Å². The summed E-state index contributed by atoms with van der Waals surface area (Å²) in [5, 5.41) is 16.6. The summed E-state index contributed by atoms with van der Waals surface area (Å²) in [4.78, 5) is 12.5. The highest BCUT2D eigenvalue weighted by molar-refractivity contribution is 7.99. The number of thioether (sulfide) groups is 1. The summed E-state index contributed by atoms with van der Waals surface area (Å²) in [7, 11) is 0. The highest BCUT2D eigenvalue weighted by Crippen LogP contribution is 2.27. The molecule has 0 bridgehead atoms. The van der Waals surface area contributed by atoms with Crippen LogP contribution in [0, 0.1) is 12.3 Å². The average molecular weight is 337 g/mol. The fraction of sp³-hybridized carbons (Fsp3) is 0.611. The second-order valence-electron chi connectivity index (χ2n) is 7.60. The van der Waals surface area contributed by atoms with Crippen molar-refractivity contribution in [2.24, 2.45) is 5.41 Å². The van der Waals surface area contributed by atoms with Crippen molar-refractivity contribution in [2.75, 3.05) is 29.9 Å². The SMILES string of the molecule is Cc1c(NCC(C)(C)C)cccc1C(=O)NCC1(O)CCSC1. The maximum atomic E-state index is 12.5. The van der Waals surface area contributed by atoms with Crippen LogP contribution in [-0.2, 0) is 0 Å². The molecule has 1 atom stereocenters. The van der Waals surface area contributed by atoms with E-state index in [1.165, 1.54) is 0 Å². The number of carbonyl (C=O) groups is 1. The highest BCUT2D eigenvalue weighted by Gasteiger charge is 2.32. The number of anilines is 1. The molecule has 1 amide bonds. The van der Waals surface area contributed by atoms with Crippen LogP contribution >= 0.6 is 11.8 Å². The van der Waals surface area contributed by atoms with Gasteiger partial charge in [-0.1, -0.05) is 26.8 Å². The molecule has 4 nitrogen and oxygen atoms in total. The van der Waals surface area contributed by atoms with Crippen molar-refractivity contribution < 1.29 is 9.90 Å². The molecule has 128 valence electrons. The van der Waals surface area contributed by atoms with Gasteiger partial charge in [-0.05, 0) is 42.2 Å². The Kier molecular flexibility index (Phi) is 5.63. The summed E-state index contributed by atoms with van der Waals surface area (Å²) in [5.41, 5.74) is 2.02. The first-order chi connectivity index (χ1) is 10.7. The van der Waals surface area contributed by atoms with Crippen LogP contribution in [0.5, 0.6) is 0 Å². The Morgan fingerprint density at radius 1 is 1.39 bits per heavy atom. The van der Waals surface area contributed by atoms with Crippen LogP contribution in [-0.4, -0.2) is 41.2 Å². The minimum atomic E-state index is -0.754. The molecule has 3 N–H and O–H groups in total. The molecule has 1 aliphatic heterocycles. The zero-order valence-electron chi connectivity index (χ0n) is 14.5. The molecule has 1 aromatic rings. The van der Waals surface area contributed by atoms with Crippen molar-refractivity contribution in [1.82, 2.24) is 5.32 Å². The Morgan fingerprint density at radius 2 is 2.13 bits per heavy atom. The van der Waals surface area contributed by atoms with E-state index in [2.05, 4.69) is 31.4 Å². The van der Waals surface area contributed by atoms with Crippen LogP contribution in [0.15, 0.2) is 18.2 Å². The molecule has 1 unspecified atom stereocenters. The minimum Gasteiger partial charge on any atom is -0.387 e. The zero-order valence-corrected chi connectivity index (χ0v) is 15.3. The van der Waals surface area contributed by atoms with E-state index in [-0.39, 0.29) is 11.3 Å². The zero-order chi connectivity index (χ0) is 17.1. The Hall–Kier alpha value is -1.20. The molecule has 0 radical (unpaired) electrons. The van der Waals surface area contributed by atoms with Crippen LogP contribution in [0.2, 0.25) is 0 Å². The maximum Gasteiger partial charge on any atom is 0.251 e. The summed E-state index contributed by atoms with van der Waals surface area (Å²) in [5.74, 6) is 1.53. The van der Waals surface area contributed by atoms with E-state index >= 15 is 0 Å². The number of rotatable bonds is 5. The van der Waals surface area contributed by atoms with Crippen molar-refractivity contribution in [2.45, 2.75) is 39.7 Å². The molecule has 0 saturated carbocycles. The Bertz CT molecular complexity index is 561. The Balaban J connectivity index is 2.02. The Morgan fingerprint density at radius 3 is 2.74 bits per heavy atom. The molecular weight excluding hydrogens is 308 g/mol. The summed E-state index contributed by atoms with van der Waals surface area (Å²) in [6.07, 6.45) is 0.740. The first-order valence-electron chi connectivity index (χ1n) is 8.12. The predicted octanol–water partition coefficient (Wildman–Crippen LogP) is 3.05. The fourth-order valence-corrected chi connectivity index (χ4v) is 3.80. The molecule has 5 heteroatoms. The summed E-state index contributed by atoms with van der Waals surface area (Å²) in [6, 6.07) is 5.73. The number of benzene rings is 1. The van der Waals surface area contributed by atoms with Crippen LogP contribution in [0.1, 0.15) is 43.1 Å². The molecule has 0 aromatic heterocycles. The predicted molar refractivity (Wildman–Crippen MR) is 98.3 cm³/mol. The van der Waals surface area contributed by atoms with Gasteiger partial charge in [0.15, 0.2) is 0 Å². The standard InChI is InChI=1S/C18H28N2O2S/c1-13-14(6-5-7-15(13)19-10-17(2,3)4)16(21)20-11-18(22)8-9-23-12-18/h5-7,19,22H,8-12H2,1-4H3,(H,20,21). The van der Waals surface area contributed by atoms with E-state index in [1.807, 2.05) is 25.1 Å². The summed E-state index contributed by atoms with van der Waals surface area (Å²) < 4.78 is 0. The molecular formula is C18H28N2O2S. The van der Waals surface area contributed by atoms with Crippen molar-refractivity contribution in [1.29, 1.82) is 0 Å². The van der Waals surface area contributed by atoms with Gasteiger partial charge in [0, 0.05) is 30.1 Å². The fourth-order valence-electron chi connectivity index (χ4n) is 2.51. The number of hydrogen-bond donors (Lipinski definition) is 3. The van der Waals surface area contributed by atoms with E-state index in [0.29, 0.717) is 17.9 Å². The molecule has 23 heavy (non-hydrogen) atoms. The van der Waals surface area contributed by atoms with E-state index < -0.39 is 5.60 Å². The van der Waals surface area contributed by atoms with E-state index in [9.17, 15) is 9.90 Å². The van der Waals surface area contributed by atoms with Crippen molar-refractivity contribution in [3.63, 3.8) is 0 Å². The van der Waals surface area contributed by atoms with Gasteiger partial charge in [0.1, 0.15) is 0 Å². The first-order valence-corrected chi connectivity index (χ1v) is 9.28. The first kappa shape index (κ1) is 18.1. The molecule has 0 aliphatic carbocycles. The maximum absolute atomic E-state index is 12.5. The molecule has 1 saturated heterocycles. The number of aliphatic hydroxyl groups is 1. The molecule has 1 fully saturated rings.